The normalized spacial score (nSPS) is 10.7. The fourth-order valence-corrected chi connectivity index (χ4v) is 2.32. The van der Waals surface area contributed by atoms with Crippen LogP contribution in [0.3, 0.4) is 0 Å². The molecule has 2 rings (SSSR count). The topological polar surface area (TPSA) is 73.2 Å². The smallest absolute Gasteiger partial charge is 0.361 e. The summed E-state index contributed by atoms with van der Waals surface area (Å²) in [5, 5.41) is 6.88. The van der Waals surface area contributed by atoms with Crippen molar-refractivity contribution in [3.63, 3.8) is 0 Å². The van der Waals surface area contributed by atoms with Gasteiger partial charge in [0.1, 0.15) is 0 Å². The Kier molecular flexibility index (Phi) is 5.54. The zero-order valence-corrected chi connectivity index (χ0v) is 14.8. The molecule has 7 heteroatoms. The molecule has 0 bridgehead atoms. The number of hydrogen-bond donors (Lipinski definition) is 1. The van der Waals surface area contributed by atoms with Crippen molar-refractivity contribution >= 4 is 33.5 Å². The summed E-state index contributed by atoms with van der Waals surface area (Å²) >= 11 is 3.33. The van der Waals surface area contributed by atoms with Gasteiger partial charge < -0.3 is 10.1 Å². The maximum atomic E-state index is 12.3. The Balaban J connectivity index is 2.26. The average Bonchev–Trinajstić information content (AvgIpc) is 2.89. The zero-order chi connectivity index (χ0) is 17.0. The molecule has 0 spiro atoms. The summed E-state index contributed by atoms with van der Waals surface area (Å²) < 4.78 is 7.54. The third-order valence-electron chi connectivity index (χ3n) is 2.96. The quantitative estimate of drug-likeness (QED) is 0.806. The summed E-state index contributed by atoms with van der Waals surface area (Å²) in [6.45, 7) is 5.99. The molecule has 122 valence electrons. The van der Waals surface area contributed by atoms with E-state index in [1.165, 1.54) is 0 Å². The number of halogens is 1. The molecule has 0 saturated heterocycles. The first-order valence-corrected chi connectivity index (χ1v) is 8.05. The SMILES string of the molecule is CCn1cc(NC(=O)c2cccc(Br)c2)c(C(=O)OC(C)C)n1. The number of carbonyl (C=O) groups excluding carboxylic acids is 2. The van der Waals surface area contributed by atoms with Crippen LogP contribution in [0.25, 0.3) is 0 Å². The third-order valence-corrected chi connectivity index (χ3v) is 3.45. The lowest BCUT2D eigenvalue weighted by Gasteiger charge is -2.08. The van der Waals surface area contributed by atoms with Gasteiger partial charge in [-0.1, -0.05) is 22.0 Å². The van der Waals surface area contributed by atoms with E-state index in [1.54, 1.807) is 42.9 Å². The molecule has 0 unspecified atom stereocenters. The van der Waals surface area contributed by atoms with E-state index in [-0.39, 0.29) is 17.7 Å². The molecule has 1 N–H and O–H groups in total. The van der Waals surface area contributed by atoms with E-state index >= 15 is 0 Å². The van der Waals surface area contributed by atoms with Crippen LogP contribution >= 0.6 is 15.9 Å². The molecule has 0 aliphatic heterocycles. The molecule has 0 atom stereocenters. The van der Waals surface area contributed by atoms with E-state index in [1.807, 2.05) is 13.0 Å². The summed E-state index contributed by atoms with van der Waals surface area (Å²) in [5.41, 5.74) is 0.915. The zero-order valence-electron chi connectivity index (χ0n) is 13.2. The highest BCUT2D eigenvalue weighted by Crippen LogP contribution is 2.18. The summed E-state index contributed by atoms with van der Waals surface area (Å²) in [6.07, 6.45) is 1.36. The van der Waals surface area contributed by atoms with Crippen LogP contribution in [0.4, 0.5) is 5.69 Å². The maximum Gasteiger partial charge on any atom is 0.361 e. The predicted molar refractivity (Wildman–Crippen MR) is 90.5 cm³/mol. The van der Waals surface area contributed by atoms with Crippen LogP contribution in [0.15, 0.2) is 34.9 Å². The fraction of sp³-hybridized carbons (Fsp3) is 0.312. The Morgan fingerprint density at radius 3 is 2.74 bits per heavy atom. The van der Waals surface area contributed by atoms with Crippen molar-refractivity contribution in [3.8, 4) is 0 Å². The molecular weight excluding hydrogens is 362 g/mol. The second-order valence-electron chi connectivity index (χ2n) is 5.17. The van der Waals surface area contributed by atoms with Gasteiger partial charge in [-0.3, -0.25) is 9.48 Å². The van der Waals surface area contributed by atoms with Crippen molar-refractivity contribution in [2.24, 2.45) is 0 Å². The minimum Gasteiger partial charge on any atom is -0.458 e. The molecule has 2 aromatic rings. The molecule has 1 aromatic heterocycles. The van der Waals surface area contributed by atoms with Gasteiger partial charge in [0.05, 0.1) is 11.8 Å². The van der Waals surface area contributed by atoms with E-state index in [4.69, 9.17) is 4.74 Å². The number of aryl methyl sites for hydroxylation is 1. The molecule has 1 amide bonds. The van der Waals surface area contributed by atoms with E-state index in [0.717, 1.165) is 4.47 Å². The standard InChI is InChI=1S/C16H18BrN3O3/c1-4-20-9-13(14(19-20)16(22)23-10(2)3)18-15(21)11-6-5-7-12(17)8-11/h5-10H,4H2,1-3H3,(H,18,21). The van der Waals surface area contributed by atoms with E-state index < -0.39 is 5.97 Å². The van der Waals surface area contributed by atoms with Crippen LogP contribution in [0.5, 0.6) is 0 Å². The van der Waals surface area contributed by atoms with Crippen LogP contribution in [-0.4, -0.2) is 27.8 Å². The van der Waals surface area contributed by atoms with Gasteiger partial charge in [0.25, 0.3) is 5.91 Å². The molecule has 1 aromatic carbocycles. The van der Waals surface area contributed by atoms with Crippen LogP contribution in [-0.2, 0) is 11.3 Å². The molecular formula is C16H18BrN3O3. The maximum absolute atomic E-state index is 12.3. The highest BCUT2D eigenvalue weighted by molar-refractivity contribution is 9.10. The summed E-state index contributed by atoms with van der Waals surface area (Å²) in [4.78, 5) is 24.5. The number of aromatic nitrogens is 2. The molecule has 0 aliphatic carbocycles. The van der Waals surface area contributed by atoms with Crippen molar-refractivity contribution in [2.45, 2.75) is 33.4 Å². The lowest BCUT2D eigenvalue weighted by atomic mass is 10.2. The van der Waals surface area contributed by atoms with Crippen LogP contribution in [0.1, 0.15) is 41.6 Å². The van der Waals surface area contributed by atoms with Crippen LogP contribution < -0.4 is 5.32 Å². The number of amides is 1. The van der Waals surface area contributed by atoms with Crippen molar-refractivity contribution in [1.82, 2.24) is 9.78 Å². The Bertz CT molecular complexity index is 725. The second kappa shape index (κ2) is 7.41. The molecule has 6 nitrogen and oxygen atoms in total. The van der Waals surface area contributed by atoms with Crippen molar-refractivity contribution < 1.29 is 14.3 Å². The van der Waals surface area contributed by atoms with Crippen molar-refractivity contribution in [2.75, 3.05) is 5.32 Å². The minimum absolute atomic E-state index is 0.101. The monoisotopic (exact) mass is 379 g/mol. The lowest BCUT2D eigenvalue weighted by Crippen LogP contribution is -2.17. The highest BCUT2D eigenvalue weighted by atomic mass is 79.9. The molecule has 1 heterocycles. The minimum atomic E-state index is -0.559. The van der Waals surface area contributed by atoms with Gasteiger partial charge in [0.2, 0.25) is 0 Å². The number of ether oxygens (including phenoxy) is 1. The molecule has 0 fully saturated rings. The summed E-state index contributed by atoms with van der Waals surface area (Å²) in [6, 6.07) is 6.99. The van der Waals surface area contributed by atoms with E-state index in [0.29, 0.717) is 17.8 Å². The van der Waals surface area contributed by atoms with Gasteiger partial charge >= 0.3 is 5.97 Å². The number of benzene rings is 1. The number of esters is 1. The van der Waals surface area contributed by atoms with E-state index in [9.17, 15) is 9.59 Å². The first kappa shape index (κ1) is 17.2. The first-order chi connectivity index (χ1) is 10.9. The Hall–Kier alpha value is -2.15. The van der Waals surface area contributed by atoms with Crippen LogP contribution in [0.2, 0.25) is 0 Å². The second-order valence-corrected chi connectivity index (χ2v) is 6.08. The van der Waals surface area contributed by atoms with Crippen molar-refractivity contribution in [3.05, 3.63) is 46.2 Å². The number of hydrogen-bond acceptors (Lipinski definition) is 4. The van der Waals surface area contributed by atoms with Gasteiger partial charge in [-0.25, -0.2) is 4.79 Å². The van der Waals surface area contributed by atoms with Gasteiger partial charge in [0, 0.05) is 22.8 Å². The Morgan fingerprint density at radius 1 is 1.39 bits per heavy atom. The number of carbonyl (C=O) groups is 2. The third kappa shape index (κ3) is 4.41. The summed E-state index contributed by atoms with van der Waals surface area (Å²) in [5.74, 6) is -0.878. The van der Waals surface area contributed by atoms with E-state index in [2.05, 4.69) is 26.3 Å². The predicted octanol–water partition coefficient (Wildman–Crippen LogP) is 3.48. The number of nitrogens with zero attached hydrogens (tertiary/aromatic N) is 2. The molecule has 0 aliphatic rings. The number of rotatable bonds is 5. The number of nitrogens with one attached hydrogen (secondary N) is 1. The number of anilines is 1. The van der Waals surface area contributed by atoms with Gasteiger partial charge in [-0.05, 0) is 39.0 Å². The Labute approximate surface area is 143 Å². The molecule has 23 heavy (non-hydrogen) atoms. The van der Waals surface area contributed by atoms with Gasteiger partial charge in [-0.15, -0.1) is 0 Å². The highest BCUT2D eigenvalue weighted by Gasteiger charge is 2.21. The fourth-order valence-electron chi connectivity index (χ4n) is 1.92. The summed E-state index contributed by atoms with van der Waals surface area (Å²) in [7, 11) is 0. The van der Waals surface area contributed by atoms with Crippen LogP contribution in [0, 0.1) is 0 Å². The van der Waals surface area contributed by atoms with Gasteiger partial charge in [-0.2, -0.15) is 5.10 Å². The molecule has 0 saturated carbocycles. The first-order valence-electron chi connectivity index (χ1n) is 7.26. The largest absolute Gasteiger partial charge is 0.458 e. The average molecular weight is 380 g/mol. The van der Waals surface area contributed by atoms with Crippen molar-refractivity contribution in [1.29, 1.82) is 0 Å². The Morgan fingerprint density at radius 2 is 2.13 bits per heavy atom. The lowest BCUT2D eigenvalue weighted by molar-refractivity contribution is 0.0371. The van der Waals surface area contributed by atoms with Gasteiger partial charge in [0.15, 0.2) is 5.69 Å². The molecule has 0 radical (unpaired) electrons.